The van der Waals surface area contributed by atoms with Crippen LogP contribution in [-0.2, 0) is 9.57 Å². The Hall–Kier alpha value is -4.24. The van der Waals surface area contributed by atoms with E-state index in [4.69, 9.17) is 9.57 Å². The number of Topliss-reactive ketones (excluding diaryl/α,β-unsaturated/α-hetero) is 1. The summed E-state index contributed by atoms with van der Waals surface area (Å²) < 4.78 is 5.42. The van der Waals surface area contributed by atoms with E-state index in [0.29, 0.717) is 22.3 Å². The largest absolute Gasteiger partial charge is 0.378 e. The Kier molecular flexibility index (Phi) is 9.72. The van der Waals surface area contributed by atoms with Crippen molar-refractivity contribution in [2.24, 2.45) is 5.16 Å². The van der Waals surface area contributed by atoms with Gasteiger partial charge in [0.1, 0.15) is 0 Å². The van der Waals surface area contributed by atoms with Crippen LogP contribution in [0.2, 0.25) is 0 Å². The number of carbonyl (C=O) groups excluding carboxylic acids is 2. The van der Waals surface area contributed by atoms with E-state index in [0.717, 1.165) is 52.9 Å². The van der Waals surface area contributed by atoms with Gasteiger partial charge in [-0.25, -0.2) is 0 Å². The number of aryl methyl sites for hydroxylation is 2. The number of ether oxygens (including phenoxy) is 1. The number of carbonyl (C=O) groups is 2. The number of oxime groups is 1. The lowest BCUT2D eigenvalue weighted by atomic mass is 9.96. The van der Waals surface area contributed by atoms with Crippen LogP contribution in [0.1, 0.15) is 49.9 Å². The lowest BCUT2D eigenvalue weighted by molar-refractivity contribution is -0.0835. The van der Waals surface area contributed by atoms with Crippen molar-refractivity contribution in [1.29, 1.82) is 0 Å². The van der Waals surface area contributed by atoms with E-state index >= 15 is 0 Å². The first-order chi connectivity index (χ1) is 20.8. The van der Waals surface area contributed by atoms with Crippen LogP contribution in [0.15, 0.2) is 106 Å². The third-order valence-corrected chi connectivity index (χ3v) is 8.15. The second-order valence-electron chi connectivity index (χ2n) is 10.4. The molecule has 5 rings (SSSR count). The highest BCUT2D eigenvalue weighted by Gasteiger charge is 2.20. The van der Waals surface area contributed by atoms with Gasteiger partial charge >= 0.3 is 0 Å². The van der Waals surface area contributed by atoms with Crippen LogP contribution in [-0.4, -0.2) is 55.0 Å². The number of aliphatic hydroxyl groups is 1. The summed E-state index contributed by atoms with van der Waals surface area (Å²) in [6.07, 6.45) is -1.14. The van der Waals surface area contributed by atoms with E-state index in [2.05, 4.69) is 10.1 Å². The average molecular weight is 595 g/mol. The van der Waals surface area contributed by atoms with Gasteiger partial charge in [0.05, 0.1) is 13.2 Å². The molecular weight excluding hydrogens is 560 g/mol. The molecule has 1 N–H and O–H groups in total. The summed E-state index contributed by atoms with van der Waals surface area (Å²) in [5.74, 6) is -0.319. The minimum Gasteiger partial charge on any atom is -0.378 e. The number of benzene rings is 4. The second kappa shape index (κ2) is 13.8. The molecule has 1 unspecified atom stereocenters. The summed E-state index contributed by atoms with van der Waals surface area (Å²) in [6, 6.07) is 28.3. The zero-order chi connectivity index (χ0) is 30.3. The van der Waals surface area contributed by atoms with Crippen LogP contribution in [0.3, 0.4) is 0 Å². The molecular formula is C35H34N2O5S. The molecule has 8 heteroatoms. The molecule has 1 aliphatic heterocycles. The molecule has 1 atom stereocenters. The first kappa shape index (κ1) is 30.2. The molecule has 1 heterocycles. The highest BCUT2D eigenvalue weighted by atomic mass is 32.2. The molecule has 220 valence electrons. The first-order valence-electron chi connectivity index (χ1n) is 14.2. The van der Waals surface area contributed by atoms with Crippen molar-refractivity contribution in [3.8, 4) is 0 Å². The lowest BCUT2D eigenvalue weighted by Gasteiger charge is -2.28. The van der Waals surface area contributed by atoms with Gasteiger partial charge in [0.15, 0.2) is 11.5 Å². The maximum Gasteiger partial charge on any atom is 0.221 e. The number of morpholine rings is 1. The molecule has 0 spiro atoms. The molecule has 0 radical (unpaired) electrons. The smallest absolute Gasteiger partial charge is 0.221 e. The molecule has 0 saturated carbocycles. The Bertz CT molecular complexity index is 1610. The van der Waals surface area contributed by atoms with Crippen molar-refractivity contribution < 1.29 is 24.3 Å². The van der Waals surface area contributed by atoms with Crippen molar-refractivity contribution >= 4 is 34.7 Å². The van der Waals surface area contributed by atoms with Crippen molar-refractivity contribution in [2.75, 3.05) is 31.2 Å². The van der Waals surface area contributed by atoms with Gasteiger partial charge < -0.3 is 19.6 Å². The van der Waals surface area contributed by atoms with E-state index in [-0.39, 0.29) is 17.3 Å². The zero-order valence-corrected chi connectivity index (χ0v) is 25.3. The highest BCUT2D eigenvalue weighted by Crippen LogP contribution is 2.29. The fourth-order valence-electron chi connectivity index (χ4n) is 4.77. The third-order valence-electron chi connectivity index (χ3n) is 7.13. The Balaban J connectivity index is 1.25. The van der Waals surface area contributed by atoms with Gasteiger partial charge in [0, 0.05) is 57.7 Å². The van der Waals surface area contributed by atoms with Crippen molar-refractivity contribution in [1.82, 2.24) is 0 Å². The molecule has 0 aromatic heterocycles. The van der Waals surface area contributed by atoms with Crippen LogP contribution in [0, 0.1) is 13.8 Å². The summed E-state index contributed by atoms with van der Waals surface area (Å²) in [5.41, 5.74) is 5.50. The van der Waals surface area contributed by atoms with E-state index < -0.39 is 6.29 Å². The monoisotopic (exact) mass is 594 g/mol. The predicted octanol–water partition coefficient (Wildman–Crippen LogP) is 6.46. The summed E-state index contributed by atoms with van der Waals surface area (Å²) in [5, 5.41) is 13.6. The van der Waals surface area contributed by atoms with Crippen LogP contribution in [0.25, 0.3) is 0 Å². The van der Waals surface area contributed by atoms with Crippen molar-refractivity contribution in [3.63, 3.8) is 0 Å². The SMILES string of the molecule is Cc1ccc(C)c(/C(=N\OC(C)O)C(=O)c2ccc(Sc3ccc(C(=O)c4ccc(N5CCOCC5)cc4)cc3)cc2)c1. The number of anilines is 1. The number of hydrogen-bond donors (Lipinski definition) is 1. The van der Waals surface area contributed by atoms with Gasteiger partial charge in [-0.3, -0.25) is 9.59 Å². The Morgan fingerprint density at radius 3 is 1.98 bits per heavy atom. The van der Waals surface area contributed by atoms with E-state index in [1.165, 1.54) is 18.7 Å². The minimum atomic E-state index is -1.14. The molecule has 1 saturated heterocycles. The number of hydrogen-bond acceptors (Lipinski definition) is 8. The normalized spacial score (nSPS) is 14.3. The molecule has 1 fully saturated rings. The van der Waals surface area contributed by atoms with E-state index in [9.17, 15) is 14.7 Å². The number of aliphatic hydroxyl groups excluding tert-OH is 1. The van der Waals surface area contributed by atoms with E-state index in [1.807, 2.05) is 92.7 Å². The molecule has 7 nitrogen and oxygen atoms in total. The number of nitrogens with zero attached hydrogens (tertiary/aromatic N) is 2. The average Bonchev–Trinajstić information content (AvgIpc) is 3.03. The Morgan fingerprint density at radius 2 is 1.40 bits per heavy atom. The number of rotatable bonds is 10. The fourth-order valence-corrected chi connectivity index (χ4v) is 5.58. The van der Waals surface area contributed by atoms with Gasteiger partial charge in [-0.1, -0.05) is 34.6 Å². The summed E-state index contributed by atoms with van der Waals surface area (Å²) in [4.78, 5) is 35.8. The topological polar surface area (TPSA) is 88.4 Å². The Labute approximate surface area is 256 Å². The maximum absolute atomic E-state index is 13.5. The Morgan fingerprint density at radius 1 is 0.837 bits per heavy atom. The molecule has 0 bridgehead atoms. The van der Waals surface area contributed by atoms with Crippen LogP contribution in [0.4, 0.5) is 5.69 Å². The van der Waals surface area contributed by atoms with Gasteiger partial charge in [-0.2, -0.15) is 0 Å². The summed E-state index contributed by atoms with van der Waals surface area (Å²) in [7, 11) is 0. The summed E-state index contributed by atoms with van der Waals surface area (Å²) in [6.45, 7) is 8.43. The number of ketones is 2. The van der Waals surface area contributed by atoms with Crippen molar-refractivity contribution in [2.45, 2.75) is 36.9 Å². The van der Waals surface area contributed by atoms with Gasteiger partial charge in [0.25, 0.3) is 0 Å². The second-order valence-corrected chi connectivity index (χ2v) is 11.6. The molecule has 4 aromatic carbocycles. The van der Waals surface area contributed by atoms with E-state index in [1.54, 1.807) is 12.1 Å². The highest BCUT2D eigenvalue weighted by molar-refractivity contribution is 7.99. The zero-order valence-electron chi connectivity index (χ0n) is 24.4. The quantitative estimate of drug-likeness (QED) is 0.0975. The molecule has 0 aliphatic carbocycles. The maximum atomic E-state index is 13.5. The molecule has 0 amide bonds. The molecule has 43 heavy (non-hydrogen) atoms. The molecule has 4 aromatic rings. The minimum absolute atomic E-state index is 0.0196. The third kappa shape index (κ3) is 7.59. The van der Waals surface area contributed by atoms with Gasteiger partial charge in [0.2, 0.25) is 12.1 Å². The molecule has 1 aliphatic rings. The van der Waals surface area contributed by atoms with Crippen LogP contribution < -0.4 is 4.90 Å². The van der Waals surface area contributed by atoms with Crippen LogP contribution >= 0.6 is 11.8 Å². The standard InChI is InChI=1S/C35H34N2O5S/c1-23-4-5-24(2)32(22-23)33(36-42-25(3)38)35(40)28-10-16-31(17-11-28)43-30-14-8-27(9-15-30)34(39)26-6-12-29(13-7-26)37-18-20-41-21-19-37/h4-17,22,25,38H,18-21H2,1-3H3/b36-33+. The first-order valence-corrected chi connectivity index (χ1v) is 15.0. The van der Waals surface area contributed by atoms with Gasteiger partial charge in [-0.05, 0) is 98.3 Å². The lowest BCUT2D eigenvalue weighted by Crippen LogP contribution is -2.36. The van der Waals surface area contributed by atoms with Gasteiger partial charge in [-0.15, -0.1) is 0 Å². The van der Waals surface area contributed by atoms with Crippen molar-refractivity contribution in [3.05, 3.63) is 124 Å². The predicted molar refractivity (Wildman–Crippen MR) is 169 cm³/mol. The van der Waals surface area contributed by atoms with Crippen LogP contribution in [0.5, 0.6) is 0 Å². The summed E-state index contributed by atoms with van der Waals surface area (Å²) >= 11 is 1.54. The fraction of sp³-hybridized carbons (Fsp3) is 0.229.